The van der Waals surface area contributed by atoms with E-state index < -0.39 is 4.92 Å². The van der Waals surface area contributed by atoms with E-state index >= 15 is 0 Å². The largest absolute Gasteiger partial charge is 0.362 e. The molecule has 1 aromatic heterocycles. The maximum Gasteiger partial charge on any atom is 0.269 e. The smallest absolute Gasteiger partial charge is 0.269 e. The molecule has 9 heteroatoms. The van der Waals surface area contributed by atoms with Crippen molar-refractivity contribution in [3.63, 3.8) is 0 Å². The predicted molar refractivity (Wildman–Crippen MR) is 133 cm³/mol. The Morgan fingerprint density at radius 3 is 2.38 bits per heavy atom. The molecule has 2 N–H and O–H groups in total. The molecule has 1 saturated carbocycles. The van der Waals surface area contributed by atoms with Gasteiger partial charge < -0.3 is 15.5 Å². The van der Waals surface area contributed by atoms with Crippen LogP contribution in [-0.2, 0) is 4.79 Å². The fourth-order valence-electron chi connectivity index (χ4n) is 4.45. The van der Waals surface area contributed by atoms with Crippen molar-refractivity contribution in [3.05, 3.63) is 64.2 Å². The normalized spacial score (nSPS) is 18.8. The molecule has 1 atom stereocenters. The maximum atomic E-state index is 12.8. The highest BCUT2D eigenvalue weighted by atomic mass is 16.6. The Balaban J connectivity index is 1.33. The first-order chi connectivity index (χ1) is 16.3. The third-order valence-electron chi connectivity index (χ3n) is 6.40. The minimum absolute atomic E-state index is 0.0288. The summed E-state index contributed by atoms with van der Waals surface area (Å²) in [4.78, 5) is 34.6. The van der Waals surface area contributed by atoms with Crippen molar-refractivity contribution >= 4 is 34.3 Å². The molecule has 0 spiro atoms. The number of nitro groups is 1. The molecule has 34 heavy (non-hydrogen) atoms. The highest BCUT2D eigenvalue weighted by Crippen LogP contribution is 2.29. The van der Waals surface area contributed by atoms with Gasteiger partial charge in [-0.1, -0.05) is 24.3 Å². The number of anilines is 2. The van der Waals surface area contributed by atoms with Gasteiger partial charge in [0, 0.05) is 43.6 Å². The minimum atomic E-state index is -0.427. The summed E-state index contributed by atoms with van der Waals surface area (Å²) in [6.45, 7) is 1.89. The van der Waals surface area contributed by atoms with Gasteiger partial charge in [-0.05, 0) is 50.3 Å². The number of nitro benzene ring substituents is 1. The molecule has 4 rings (SSSR count). The van der Waals surface area contributed by atoms with Gasteiger partial charge in [0.25, 0.3) is 5.69 Å². The Morgan fingerprint density at radius 1 is 1.06 bits per heavy atom. The Bertz CT molecular complexity index is 1170. The molecule has 0 saturated heterocycles. The number of hydrogen-bond acceptors (Lipinski definition) is 7. The van der Waals surface area contributed by atoms with Crippen LogP contribution in [0.1, 0.15) is 44.2 Å². The monoisotopic (exact) mass is 462 g/mol. The van der Waals surface area contributed by atoms with Crippen molar-refractivity contribution in [2.45, 2.75) is 44.7 Å². The molecule has 0 aliphatic heterocycles. The zero-order valence-corrected chi connectivity index (χ0v) is 19.7. The van der Waals surface area contributed by atoms with Gasteiger partial charge in [0.1, 0.15) is 5.82 Å². The highest BCUT2D eigenvalue weighted by molar-refractivity contribution is 5.90. The molecule has 0 bridgehead atoms. The Hall–Kier alpha value is -3.75. The molecule has 9 nitrogen and oxygen atoms in total. The molecule has 2 aromatic carbocycles. The van der Waals surface area contributed by atoms with Gasteiger partial charge in [0.2, 0.25) is 11.9 Å². The van der Waals surface area contributed by atoms with Gasteiger partial charge in [-0.2, -0.15) is 4.98 Å². The van der Waals surface area contributed by atoms with Gasteiger partial charge in [-0.3, -0.25) is 14.9 Å². The van der Waals surface area contributed by atoms with Crippen LogP contribution in [0.4, 0.5) is 17.5 Å². The average molecular weight is 463 g/mol. The molecule has 1 heterocycles. The van der Waals surface area contributed by atoms with Crippen LogP contribution in [0.3, 0.4) is 0 Å². The number of hydrogen-bond donors (Lipinski definition) is 2. The zero-order chi connectivity index (χ0) is 24.2. The summed E-state index contributed by atoms with van der Waals surface area (Å²) in [6.07, 6.45) is 3.28. The van der Waals surface area contributed by atoms with E-state index in [1.807, 2.05) is 50.2 Å². The van der Waals surface area contributed by atoms with Crippen molar-refractivity contribution in [1.29, 1.82) is 0 Å². The van der Waals surface area contributed by atoms with Gasteiger partial charge in [-0.25, -0.2) is 4.98 Å². The Labute approximate surface area is 198 Å². The molecule has 1 aliphatic rings. The first-order valence-corrected chi connectivity index (χ1v) is 11.6. The molecule has 0 radical (unpaired) electrons. The molecule has 1 aliphatic carbocycles. The molecule has 0 unspecified atom stereocenters. The van der Waals surface area contributed by atoms with E-state index in [0.29, 0.717) is 5.95 Å². The molecule has 178 valence electrons. The number of carbonyl (C=O) groups excluding carboxylic acids is 1. The summed E-state index contributed by atoms with van der Waals surface area (Å²) in [6, 6.07) is 14.3. The van der Waals surface area contributed by atoms with Crippen LogP contribution in [0.15, 0.2) is 48.5 Å². The summed E-state index contributed by atoms with van der Waals surface area (Å²) >= 11 is 0. The van der Waals surface area contributed by atoms with Crippen molar-refractivity contribution < 1.29 is 9.72 Å². The standard InChI is InChI=1S/C25H30N6O3/c1-16(17-10-14-20(15-11-17)31(33)34)26-24(32)18-8-12-19(13-9-18)27-25-28-22-7-5-4-6-21(22)23(29-25)30(2)3/h4-7,10-11,14-16,18-19H,8-9,12-13H2,1-3H3,(H,26,32)(H,27,28,29)/t16-,18?,19?/m1/s1. The van der Waals surface area contributed by atoms with E-state index in [9.17, 15) is 14.9 Å². The van der Waals surface area contributed by atoms with Crippen LogP contribution in [-0.4, -0.2) is 40.9 Å². The second kappa shape index (κ2) is 10.0. The number of benzene rings is 2. The van der Waals surface area contributed by atoms with E-state index in [1.165, 1.54) is 12.1 Å². The lowest BCUT2D eigenvalue weighted by Gasteiger charge is -2.29. The quantitative estimate of drug-likeness (QED) is 0.394. The fraction of sp³-hybridized carbons (Fsp3) is 0.400. The van der Waals surface area contributed by atoms with Crippen LogP contribution in [0.2, 0.25) is 0 Å². The number of amides is 1. The summed E-state index contributed by atoms with van der Waals surface area (Å²) in [5.74, 6) is 1.47. The number of rotatable bonds is 7. The SMILES string of the molecule is C[C@@H](NC(=O)C1CCC(Nc2nc(N(C)C)c3ccccc3n2)CC1)c1ccc([N+](=O)[O-])cc1. The highest BCUT2D eigenvalue weighted by Gasteiger charge is 2.28. The van der Waals surface area contributed by atoms with Crippen LogP contribution in [0.5, 0.6) is 0 Å². The minimum Gasteiger partial charge on any atom is -0.362 e. The molecule has 1 amide bonds. The number of non-ortho nitro benzene ring substituents is 1. The Kier molecular flexibility index (Phi) is 6.90. The van der Waals surface area contributed by atoms with Gasteiger partial charge in [-0.15, -0.1) is 0 Å². The van der Waals surface area contributed by atoms with Crippen molar-refractivity contribution in [2.75, 3.05) is 24.3 Å². The molecular weight excluding hydrogens is 432 g/mol. The first kappa shape index (κ1) is 23.4. The van der Waals surface area contributed by atoms with Crippen molar-refractivity contribution in [1.82, 2.24) is 15.3 Å². The number of nitrogens with zero attached hydrogens (tertiary/aromatic N) is 4. The van der Waals surface area contributed by atoms with Crippen LogP contribution in [0.25, 0.3) is 10.9 Å². The molecule has 1 fully saturated rings. The van der Waals surface area contributed by atoms with Crippen LogP contribution in [0, 0.1) is 16.0 Å². The average Bonchev–Trinajstić information content (AvgIpc) is 2.84. The lowest BCUT2D eigenvalue weighted by Crippen LogP contribution is -2.37. The fourth-order valence-corrected chi connectivity index (χ4v) is 4.45. The van der Waals surface area contributed by atoms with E-state index in [0.717, 1.165) is 48.0 Å². The Morgan fingerprint density at radius 2 is 1.74 bits per heavy atom. The van der Waals surface area contributed by atoms with E-state index in [2.05, 4.69) is 15.6 Å². The van der Waals surface area contributed by atoms with Gasteiger partial charge >= 0.3 is 0 Å². The summed E-state index contributed by atoms with van der Waals surface area (Å²) in [5, 5.41) is 18.4. The van der Waals surface area contributed by atoms with E-state index in [1.54, 1.807) is 12.1 Å². The third-order valence-corrected chi connectivity index (χ3v) is 6.40. The molecule has 3 aromatic rings. The number of aromatic nitrogens is 2. The lowest BCUT2D eigenvalue weighted by molar-refractivity contribution is -0.384. The predicted octanol–water partition coefficient (Wildman–Crippen LogP) is 4.45. The van der Waals surface area contributed by atoms with E-state index in [-0.39, 0.29) is 29.6 Å². The summed E-state index contributed by atoms with van der Waals surface area (Å²) < 4.78 is 0. The van der Waals surface area contributed by atoms with Crippen molar-refractivity contribution in [2.24, 2.45) is 5.92 Å². The summed E-state index contributed by atoms with van der Waals surface area (Å²) in [7, 11) is 3.94. The third kappa shape index (κ3) is 5.24. The van der Waals surface area contributed by atoms with E-state index in [4.69, 9.17) is 4.98 Å². The zero-order valence-electron chi connectivity index (χ0n) is 19.7. The lowest BCUT2D eigenvalue weighted by atomic mass is 9.85. The number of nitrogens with one attached hydrogen (secondary N) is 2. The second-order valence-electron chi connectivity index (χ2n) is 9.05. The maximum absolute atomic E-state index is 12.8. The second-order valence-corrected chi connectivity index (χ2v) is 9.05. The topological polar surface area (TPSA) is 113 Å². The number of para-hydroxylation sites is 1. The summed E-state index contributed by atoms with van der Waals surface area (Å²) in [5.41, 5.74) is 1.79. The van der Waals surface area contributed by atoms with Crippen LogP contribution < -0.4 is 15.5 Å². The van der Waals surface area contributed by atoms with Gasteiger partial charge in [0.15, 0.2) is 0 Å². The van der Waals surface area contributed by atoms with Crippen molar-refractivity contribution in [3.8, 4) is 0 Å². The number of fused-ring (bicyclic) bond motifs is 1. The molecular formula is C25H30N6O3. The van der Waals surface area contributed by atoms with Gasteiger partial charge in [0.05, 0.1) is 16.5 Å². The van der Waals surface area contributed by atoms with Crippen LogP contribution >= 0.6 is 0 Å². The first-order valence-electron chi connectivity index (χ1n) is 11.6. The number of carbonyl (C=O) groups is 1.